The zero-order valence-electron chi connectivity index (χ0n) is 12.2. The van der Waals surface area contributed by atoms with Crippen molar-refractivity contribution in [3.05, 3.63) is 11.3 Å². The van der Waals surface area contributed by atoms with Gasteiger partial charge in [-0.15, -0.1) is 0 Å². The normalized spacial score (nSPS) is 19.8. The number of hydrogen-bond acceptors (Lipinski definition) is 3. The summed E-state index contributed by atoms with van der Waals surface area (Å²) in [6.07, 6.45) is 3.86. The topological polar surface area (TPSA) is 33.1 Å². The van der Waals surface area contributed by atoms with E-state index in [1.165, 1.54) is 37.2 Å². The monoisotopic (exact) mass is 250 g/mol. The van der Waals surface area contributed by atoms with Crippen LogP contribution < -0.4 is 10.2 Å². The molecular weight excluding hydrogens is 224 g/mol. The molecule has 0 amide bonds. The highest BCUT2D eigenvalue weighted by Gasteiger charge is 2.28. The van der Waals surface area contributed by atoms with Crippen molar-refractivity contribution in [2.75, 3.05) is 18.0 Å². The summed E-state index contributed by atoms with van der Waals surface area (Å²) in [6, 6.07) is 0.695. The molecule has 0 saturated carbocycles. The number of nitrogens with one attached hydrogen (secondary N) is 1. The van der Waals surface area contributed by atoms with E-state index in [0.717, 1.165) is 18.8 Å². The molecule has 2 rings (SSSR count). The highest BCUT2D eigenvalue weighted by atomic mass is 15.4. The Hall–Kier alpha value is -1.03. The van der Waals surface area contributed by atoms with Crippen LogP contribution in [-0.2, 0) is 13.6 Å². The van der Waals surface area contributed by atoms with Crippen LogP contribution in [0.1, 0.15) is 44.4 Å². The Morgan fingerprint density at radius 1 is 1.39 bits per heavy atom. The minimum atomic E-state index is 0.695. The molecule has 0 aliphatic carbocycles. The van der Waals surface area contributed by atoms with Gasteiger partial charge < -0.3 is 10.2 Å². The van der Waals surface area contributed by atoms with Gasteiger partial charge in [0.25, 0.3) is 0 Å². The molecule has 1 saturated heterocycles. The van der Waals surface area contributed by atoms with Crippen molar-refractivity contribution in [2.24, 2.45) is 7.05 Å². The smallest absolute Gasteiger partial charge is 0.131 e. The summed E-state index contributed by atoms with van der Waals surface area (Å²) in [6.45, 7) is 9.67. The molecule has 102 valence electrons. The summed E-state index contributed by atoms with van der Waals surface area (Å²) < 4.78 is 2.07. The van der Waals surface area contributed by atoms with Gasteiger partial charge in [-0.05, 0) is 32.7 Å². The van der Waals surface area contributed by atoms with Gasteiger partial charge in [-0.2, -0.15) is 5.10 Å². The second kappa shape index (κ2) is 5.74. The molecule has 0 bridgehead atoms. The summed E-state index contributed by atoms with van der Waals surface area (Å²) in [5.74, 6) is 1.33. The van der Waals surface area contributed by atoms with Gasteiger partial charge >= 0.3 is 0 Å². The van der Waals surface area contributed by atoms with Crippen LogP contribution in [0.25, 0.3) is 0 Å². The molecule has 1 N–H and O–H groups in total. The van der Waals surface area contributed by atoms with Gasteiger partial charge in [0.15, 0.2) is 0 Å². The maximum Gasteiger partial charge on any atom is 0.131 e. The molecule has 4 heteroatoms. The summed E-state index contributed by atoms with van der Waals surface area (Å²) in [4.78, 5) is 2.56. The minimum Gasteiger partial charge on any atom is -0.354 e. The Morgan fingerprint density at radius 3 is 2.83 bits per heavy atom. The van der Waals surface area contributed by atoms with Crippen molar-refractivity contribution >= 4 is 5.82 Å². The number of anilines is 1. The Morgan fingerprint density at radius 2 is 2.17 bits per heavy atom. The number of rotatable bonds is 5. The van der Waals surface area contributed by atoms with E-state index in [1.54, 1.807) is 0 Å². The van der Waals surface area contributed by atoms with E-state index in [-0.39, 0.29) is 0 Å². The molecule has 2 heterocycles. The van der Waals surface area contributed by atoms with E-state index >= 15 is 0 Å². The first-order valence-electron chi connectivity index (χ1n) is 7.18. The van der Waals surface area contributed by atoms with Crippen molar-refractivity contribution in [3.8, 4) is 0 Å². The fraction of sp³-hybridized carbons (Fsp3) is 0.786. The fourth-order valence-electron chi connectivity index (χ4n) is 3.05. The lowest BCUT2D eigenvalue weighted by Crippen LogP contribution is -2.31. The van der Waals surface area contributed by atoms with E-state index in [2.05, 4.69) is 47.8 Å². The third kappa shape index (κ3) is 2.39. The van der Waals surface area contributed by atoms with Gasteiger partial charge in [-0.3, -0.25) is 4.68 Å². The minimum absolute atomic E-state index is 0.695. The van der Waals surface area contributed by atoms with E-state index in [1.807, 2.05) is 0 Å². The maximum atomic E-state index is 4.61. The standard InChI is InChI=1S/C14H26N4/c1-5-12-8-7-9-18(12)14-13(10-15-6-2)11(3)16-17(14)4/h12,15H,5-10H2,1-4H3. The molecule has 1 aromatic rings. The molecule has 1 aliphatic rings. The van der Waals surface area contributed by atoms with Gasteiger partial charge in [0.1, 0.15) is 5.82 Å². The first kappa shape index (κ1) is 13.4. The highest BCUT2D eigenvalue weighted by Crippen LogP contribution is 2.31. The molecule has 1 atom stereocenters. The highest BCUT2D eigenvalue weighted by molar-refractivity contribution is 5.51. The zero-order chi connectivity index (χ0) is 13.1. The first-order valence-corrected chi connectivity index (χ1v) is 7.18. The largest absolute Gasteiger partial charge is 0.354 e. The Kier molecular flexibility index (Phi) is 4.27. The Labute approximate surface area is 110 Å². The lowest BCUT2D eigenvalue weighted by molar-refractivity contribution is 0.616. The lowest BCUT2D eigenvalue weighted by atomic mass is 10.1. The second-order valence-electron chi connectivity index (χ2n) is 5.19. The predicted molar refractivity (Wildman–Crippen MR) is 76.0 cm³/mol. The van der Waals surface area contributed by atoms with Gasteiger partial charge in [-0.1, -0.05) is 13.8 Å². The van der Waals surface area contributed by atoms with E-state index in [4.69, 9.17) is 0 Å². The van der Waals surface area contributed by atoms with E-state index in [0.29, 0.717) is 6.04 Å². The third-order valence-electron chi connectivity index (χ3n) is 3.99. The van der Waals surface area contributed by atoms with Crippen LogP contribution in [0, 0.1) is 6.92 Å². The molecule has 1 unspecified atom stereocenters. The van der Waals surface area contributed by atoms with Crippen LogP contribution in [0.2, 0.25) is 0 Å². The van der Waals surface area contributed by atoms with E-state index in [9.17, 15) is 0 Å². The van der Waals surface area contributed by atoms with Gasteiger partial charge in [0.05, 0.1) is 5.69 Å². The first-order chi connectivity index (χ1) is 8.69. The molecule has 0 aromatic carbocycles. The fourth-order valence-corrected chi connectivity index (χ4v) is 3.05. The van der Waals surface area contributed by atoms with Crippen molar-refractivity contribution in [1.82, 2.24) is 15.1 Å². The number of aromatic nitrogens is 2. The van der Waals surface area contributed by atoms with Gasteiger partial charge in [-0.25, -0.2) is 0 Å². The quantitative estimate of drug-likeness (QED) is 0.870. The average Bonchev–Trinajstić information content (AvgIpc) is 2.90. The number of aryl methyl sites for hydroxylation is 2. The SMILES string of the molecule is CCNCc1c(C)nn(C)c1N1CCCC1CC. The summed E-state index contributed by atoms with van der Waals surface area (Å²) in [5.41, 5.74) is 2.54. The van der Waals surface area contributed by atoms with Gasteiger partial charge in [0, 0.05) is 31.7 Å². The average molecular weight is 250 g/mol. The molecule has 1 aromatic heterocycles. The lowest BCUT2D eigenvalue weighted by Gasteiger charge is -2.27. The van der Waals surface area contributed by atoms with Crippen LogP contribution in [-0.4, -0.2) is 28.9 Å². The third-order valence-corrected chi connectivity index (χ3v) is 3.99. The molecular formula is C14H26N4. The van der Waals surface area contributed by atoms with Crippen LogP contribution in [0.5, 0.6) is 0 Å². The van der Waals surface area contributed by atoms with Crippen LogP contribution >= 0.6 is 0 Å². The maximum absolute atomic E-state index is 4.61. The van der Waals surface area contributed by atoms with Crippen molar-refractivity contribution < 1.29 is 0 Å². The molecule has 1 fully saturated rings. The van der Waals surface area contributed by atoms with Crippen LogP contribution in [0.3, 0.4) is 0 Å². The van der Waals surface area contributed by atoms with Crippen LogP contribution in [0.15, 0.2) is 0 Å². The van der Waals surface area contributed by atoms with Gasteiger partial charge in [0.2, 0.25) is 0 Å². The van der Waals surface area contributed by atoms with Crippen molar-refractivity contribution in [3.63, 3.8) is 0 Å². The molecule has 4 nitrogen and oxygen atoms in total. The zero-order valence-corrected chi connectivity index (χ0v) is 12.2. The molecule has 0 spiro atoms. The van der Waals surface area contributed by atoms with E-state index < -0.39 is 0 Å². The number of hydrogen-bond donors (Lipinski definition) is 1. The molecule has 0 radical (unpaired) electrons. The van der Waals surface area contributed by atoms with Crippen molar-refractivity contribution in [1.29, 1.82) is 0 Å². The van der Waals surface area contributed by atoms with Crippen LogP contribution in [0.4, 0.5) is 5.82 Å². The molecule has 18 heavy (non-hydrogen) atoms. The Bertz CT molecular complexity index is 397. The molecule has 1 aliphatic heterocycles. The summed E-state index contributed by atoms with van der Waals surface area (Å²) in [7, 11) is 2.07. The summed E-state index contributed by atoms with van der Waals surface area (Å²) >= 11 is 0. The second-order valence-corrected chi connectivity index (χ2v) is 5.19. The number of nitrogens with zero attached hydrogens (tertiary/aromatic N) is 3. The summed E-state index contributed by atoms with van der Waals surface area (Å²) in [5, 5.41) is 8.05. The Balaban J connectivity index is 2.30. The van der Waals surface area contributed by atoms with Crippen molar-refractivity contribution in [2.45, 2.75) is 52.6 Å². The predicted octanol–water partition coefficient (Wildman–Crippen LogP) is 2.22.